The van der Waals surface area contributed by atoms with Gasteiger partial charge in [0.05, 0.1) is 24.5 Å². The second kappa shape index (κ2) is 4.70. The first-order valence-electron chi connectivity index (χ1n) is 6.11. The highest BCUT2D eigenvalue weighted by Crippen LogP contribution is 2.23. The first-order valence-corrected chi connectivity index (χ1v) is 6.11. The molecular weight excluding hydrogens is 254 g/mol. The Balaban J connectivity index is 2.08. The topological polar surface area (TPSA) is 69.6 Å². The Morgan fingerprint density at radius 2 is 2.15 bits per heavy atom. The van der Waals surface area contributed by atoms with E-state index in [0.29, 0.717) is 22.8 Å². The summed E-state index contributed by atoms with van der Waals surface area (Å²) in [4.78, 5) is 16.7. The fourth-order valence-corrected chi connectivity index (χ4v) is 2.09. The normalized spacial score (nSPS) is 10.7. The molecule has 0 aliphatic carbocycles. The number of ketones is 1. The molecule has 2 N–H and O–H groups in total. The average Bonchev–Trinajstić information content (AvgIpc) is 2.91. The maximum absolute atomic E-state index is 12.5. The van der Waals surface area contributed by atoms with Gasteiger partial charge in [0.2, 0.25) is 5.78 Å². The SMILES string of the molecule is COc1cc(C(=O)c2ncc3ccccn23)ccc1N. The van der Waals surface area contributed by atoms with Crippen molar-refractivity contribution in [2.75, 3.05) is 12.8 Å². The minimum Gasteiger partial charge on any atom is -0.495 e. The van der Waals surface area contributed by atoms with Gasteiger partial charge in [-0.15, -0.1) is 0 Å². The third-order valence-electron chi connectivity index (χ3n) is 3.14. The first kappa shape index (κ1) is 12.2. The van der Waals surface area contributed by atoms with Crippen LogP contribution in [-0.2, 0) is 0 Å². The van der Waals surface area contributed by atoms with Gasteiger partial charge in [0.15, 0.2) is 5.82 Å². The lowest BCUT2D eigenvalue weighted by Gasteiger charge is -2.06. The van der Waals surface area contributed by atoms with E-state index in [1.54, 1.807) is 28.8 Å². The van der Waals surface area contributed by atoms with Crippen LogP contribution in [0.3, 0.4) is 0 Å². The smallest absolute Gasteiger partial charge is 0.228 e. The summed E-state index contributed by atoms with van der Waals surface area (Å²) in [5.41, 5.74) is 7.62. The second-order valence-electron chi connectivity index (χ2n) is 4.36. The fourth-order valence-electron chi connectivity index (χ4n) is 2.09. The van der Waals surface area contributed by atoms with E-state index in [0.717, 1.165) is 5.52 Å². The van der Waals surface area contributed by atoms with Crippen molar-refractivity contribution in [2.24, 2.45) is 0 Å². The number of carbonyl (C=O) groups excluding carboxylic acids is 1. The number of aromatic nitrogens is 2. The van der Waals surface area contributed by atoms with Crippen molar-refractivity contribution in [1.82, 2.24) is 9.38 Å². The number of imidazole rings is 1. The Hall–Kier alpha value is -2.82. The molecule has 0 radical (unpaired) electrons. The summed E-state index contributed by atoms with van der Waals surface area (Å²) in [7, 11) is 1.52. The van der Waals surface area contributed by atoms with E-state index in [2.05, 4.69) is 4.98 Å². The van der Waals surface area contributed by atoms with Gasteiger partial charge in [-0.2, -0.15) is 0 Å². The van der Waals surface area contributed by atoms with Gasteiger partial charge in [-0.05, 0) is 30.3 Å². The summed E-state index contributed by atoms with van der Waals surface area (Å²) < 4.78 is 6.89. The summed E-state index contributed by atoms with van der Waals surface area (Å²) in [6.45, 7) is 0. The minimum atomic E-state index is -0.172. The van der Waals surface area contributed by atoms with Crippen LogP contribution in [0.5, 0.6) is 5.75 Å². The number of pyridine rings is 1. The highest BCUT2D eigenvalue weighted by molar-refractivity contribution is 6.07. The molecule has 5 nitrogen and oxygen atoms in total. The van der Waals surface area contributed by atoms with Gasteiger partial charge in [-0.25, -0.2) is 4.98 Å². The average molecular weight is 267 g/mol. The number of ether oxygens (including phenoxy) is 1. The highest BCUT2D eigenvalue weighted by atomic mass is 16.5. The number of anilines is 1. The van der Waals surface area contributed by atoms with Crippen LogP contribution in [0.15, 0.2) is 48.8 Å². The maximum Gasteiger partial charge on any atom is 0.228 e. The number of rotatable bonds is 3. The Morgan fingerprint density at radius 3 is 2.95 bits per heavy atom. The highest BCUT2D eigenvalue weighted by Gasteiger charge is 2.16. The number of carbonyl (C=O) groups is 1. The van der Waals surface area contributed by atoms with Crippen LogP contribution >= 0.6 is 0 Å². The van der Waals surface area contributed by atoms with E-state index in [9.17, 15) is 4.79 Å². The molecule has 0 aliphatic heterocycles. The molecule has 3 rings (SSSR count). The first-order chi connectivity index (χ1) is 9.70. The van der Waals surface area contributed by atoms with E-state index >= 15 is 0 Å². The third-order valence-corrected chi connectivity index (χ3v) is 3.14. The van der Waals surface area contributed by atoms with Gasteiger partial charge < -0.3 is 10.5 Å². The number of fused-ring (bicyclic) bond motifs is 1. The molecule has 2 aromatic heterocycles. The zero-order chi connectivity index (χ0) is 14.1. The lowest BCUT2D eigenvalue weighted by atomic mass is 10.1. The molecule has 0 aliphatic rings. The maximum atomic E-state index is 12.5. The third kappa shape index (κ3) is 1.89. The molecule has 0 spiro atoms. The van der Waals surface area contributed by atoms with Crippen LogP contribution in [0.4, 0.5) is 5.69 Å². The molecule has 0 atom stereocenters. The molecule has 1 aromatic carbocycles. The van der Waals surface area contributed by atoms with Crippen molar-refractivity contribution in [3.63, 3.8) is 0 Å². The van der Waals surface area contributed by atoms with Crippen LogP contribution in [0.2, 0.25) is 0 Å². The largest absolute Gasteiger partial charge is 0.495 e. The minimum absolute atomic E-state index is 0.172. The number of hydrogen-bond acceptors (Lipinski definition) is 4. The number of nitrogens with two attached hydrogens (primary N) is 1. The monoisotopic (exact) mass is 267 g/mol. The van der Waals surface area contributed by atoms with Gasteiger partial charge >= 0.3 is 0 Å². The fraction of sp³-hybridized carbons (Fsp3) is 0.0667. The summed E-state index contributed by atoms with van der Waals surface area (Å²) in [5, 5.41) is 0. The van der Waals surface area contributed by atoms with Crippen LogP contribution in [0.1, 0.15) is 16.2 Å². The molecule has 5 heteroatoms. The second-order valence-corrected chi connectivity index (χ2v) is 4.36. The zero-order valence-corrected chi connectivity index (χ0v) is 10.9. The number of methoxy groups -OCH3 is 1. The molecular formula is C15H13N3O2. The standard InChI is InChI=1S/C15H13N3O2/c1-20-13-8-10(5-6-12(13)16)14(19)15-17-9-11-4-2-3-7-18(11)15/h2-9H,16H2,1H3. The Kier molecular flexibility index (Phi) is 2.87. The molecule has 0 fully saturated rings. The van der Waals surface area contributed by atoms with Gasteiger partial charge in [0.25, 0.3) is 0 Å². The van der Waals surface area contributed by atoms with Crippen molar-refractivity contribution in [3.05, 3.63) is 60.2 Å². The van der Waals surface area contributed by atoms with E-state index in [1.165, 1.54) is 7.11 Å². The Bertz CT molecular complexity index is 793. The molecule has 0 saturated carbocycles. The van der Waals surface area contributed by atoms with Gasteiger partial charge in [-0.3, -0.25) is 9.20 Å². The Labute approximate surface area is 115 Å². The summed E-state index contributed by atoms with van der Waals surface area (Å²) in [6, 6.07) is 10.6. The van der Waals surface area contributed by atoms with Gasteiger partial charge in [-0.1, -0.05) is 6.07 Å². The van der Waals surface area contributed by atoms with Gasteiger partial charge in [0.1, 0.15) is 5.75 Å². The molecule has 0 saturated heterocycles. The lowest BCUT2D eigenvalue weighted by molar-refractivity contribution is 0.102. The molecule has 0 unspecified atom stereocenters. The molecule has 3 aromatic rings. The summed E-state index contributed by atoms with van der Waals surface area (Å²) >= 11 is 0. The summed E-state index contributed by atoms with van der Waals surface area (Å²) in [5.74, 6) is 0.679. The predicted octanol–water partition coefficient (Wildman–Crippen LogP) is 2.16. The predicted molar refractivity (Wildman–Crippen MR) is 76.0 cm³/mol. The number of nitrogen functional groups attached to an aromatic ring is 1. The molecule has 0 amide bonds. The van der Waals surface area contributed by atoms with Crippen molar-refractivity contribution in [2.45, 2.75) is 0 Å². The quantitative estimate of drug-likeness (QED) is 0.583. The summed E-state index contributed by atoms with van der Waals surface area (Å²) in [6.07, 6.45) is 3.48. The van der Waals surface area contributed by atoms with Crippen LogP contribution < -0.4 is 10.5 Å². The molecule has 2 heterocycles. The number of hydrogen-bond donors (Lipinski definition) is 1. The number of benzene rings is 1. The van der Waals surface area contributed by atoms with E-state index in [-0.39, 0.29) is 5.78 Å². The van der Waals surface area contributed by atoms with E-state index < -0.39 is 0 Å². The van der Waals surface area contributed by atoms with Crippen LogP contribution in [0, 0.1) is 0 Å². The van der Waals surface area contributed by atoms with E-state index in [1.807, 2.05) is 24.4 Å². The number of nitrogens with zero attached hydrogens (tertiary/aromatic N) is 2. The van der Waals surface area contributed by atoms with Crippen molar-refractivity contribution in [3.8, 4) is 5.75 Å². The van der Waals surface area contributed by atoms with E-state index in [4.69, 9.17) is 10.5 Å². The van der Waals surface area contributed by atoms with Crippen molar-refractivity contribution < 1.29 is 9.53 Å². The van der Waals surface area contributed by atoms with Gasteiger partial charge in [0, 0.05) is 11.8 Å². The molecule has 20 heavy (non-hydrogen) atoms. The lowest BCUT2D eigenvalue weighted by Crippen LogP contribution is -2.07. The molecule has 100 valence electrons. The van der Waals surface area contributed by atoms with Crippen LogP contribution in [-0.4, -0.2) is 22.3 Å². The zero-order valence-electron chi connectivity index (χ0n) is 10.9. The molecule has 0 bridgehead atoms. The van der Waals surface area contributed by atoms with Crippen molar-refractivity contribution >= 4 is 17.0 Å². The van der Waals surface area contributed by atoms with Crippen LogP contribution in [0.25, 0.3) is 5.52 Å². The Morgan fingerprint density at radius 1 is 1.30 bits per heavy atom. The van der Waals surface area contributed by atoms with Crippen molar-refractivity contribution in [1.29, 1.82) is 0 Å².